The van der Waals surface area contributed by atoms with E-state index in [0.717, 1.165) is 11.1 Å². The van der Waals surface area contributed by atoms with Crippen molar-refractivity contribution >= 4 is 5.97 Å². The second-order valence-corrected chi connectivity index (χ2v) is 8.38. The number of carbonyl (C=O) groups excluding carboxylic acids is 1. The van der Waals surface area contributed by atoms with Crippen LogP contribution in [-0.2, 0) is 19.0 Å². The first-order valence-electron chi connectivity index (χ1n) is 9.77. The Hall–Kier alpha value is -1.55. The van der Waals surface area contributed by atoms with Crippen LogP contribution in [0.3, 0.4) is 0 Å². The molecule has 3 rings (SSSR count). The van der Waals surface area contributed by atoms with E-state index in [1.54, 1.807) is 6.92 Å². The van der Waals surface area contributed by atoms with Crippen LogP contribution in [0.5, 0.6) is 0 Å². The molecule has 2 heterocycles. The number of hydrogen-bond donors (Lipinski definition) is 4. The van der Waals surface area contributed by atoms with Crippen LogP contribution >= 0.6 is 0 Å². The van der Waals surface area contributed by atoms with E-state index in [-0.39, 0.29) is 30.0 Å². The van der Waals surface area contributed by atoms with Gasteiger partial charge < -0.3 is 34.6 Å². The normalized spacial score (nSPS) is 42.4. The number of ether oxygens (including phenoxy) is 3. The fourth-order valence-corrected chi connectivity index (χ4v) is 4.44. The average molecular weight is 410 g/mol. The summed E-state index contributed by atoms with van der Waals surface area (Å²) in [4.78, 5) is 11.9. The molecule has 0 amide bonds. The van der Waals surface area contributed by atoms with Crippen molar-refractivity contribution in [3.63, 3.8) is 0 Å². The Morgan fingerprint density at radius 3 is 2.62 bits per heavy atom. The zero-order valence-electron chi connectivity index (χ0n) is 16.8. The highest BCUT2D eigenvalue weighted by Crippen LogP contribution is 2.50. The maximum Gasteiger partial charge on any atom is 0.334 e. The molecule has 0 aromatic rings. The van der Waals surface area contributed by atoms with Crippen LogP contribution in [0.1, 0.15) is 26.7 Å². The predicted molar refractivity (Wildman–Crippen MR) is 102 cm³/mol. The van der Waals surface area contributed by atoms with Crippen molar-refractivity contribution in [2.75, 3.05) is 13.2 Å². The van der Waals surface area contributed by atoms with Gasteiger partial charge in [0.05, 0.1) is 13.2 Å². The fraction of sp³-hybridized carbons (Fsp3) is 0.667. The fourth-order valence-electron chi connectivity index (χ4n) is 4.44. The highest BCUT2D eigenvalue weighted by molar-refractivity contribution is 5.91. The summed E-state index contributed by atoms with van der Waals surface area (Å²) in [6, 6.07) is 0. The summed E-state index contributed by atoms with van der Waals surface area (Å²) in [5.41, 5.74) is 1.96. The summed E-state index contributed by atoms with van der Waals surface area (Å²) in [6.45, 7) is 11.4. The van der Waals surface area contributed by atoms with Crippen molar-refractivity contribution in [3.05, 3.63) is 36.0 Å². The van der Waals surface area contributed by atoms with Gasteiger partial charge in [-0.3, -0.25) is 0 Å². The summed E-state index contributed by atoms with van der Waals surface area (Å²) in [7, 11) is 0. The lowest BCUT2D eigenvalue weighted by atomic mass is 9.62. The molecule has 1 aliphatic carbocycles. The Morgan fingerprint density at radius 1 is 1.31 bits per heavy atom. The first kappa shape index (κ1) is 22.1. The number of hydrogen-bond acceptors (Lipinski definition) is 8. The van der Waals surface area contributed by atoms with E-state index in [1.165, 1.54) is 0 Å². The second kappa shape index (κ2) is 8.29. The predicted octanol–water partition coefficient (Wildman–Crippen LogP) is 0.203. The number of esters is 1. The van der Waals surface area contributed by atoms with Crippen molar-refractivity contribution in [2.24, 2.45) is 11.3 Å². The Bertz CT molecular complexity index is 713. The van der Waals surface area contributed by atoms with Gasteiger partial charge in [-0.25, -0.2) is 4.79 Å². The molecule has 162 valence electrons. The molecule has 0 unspecified atom stereocenters. The maximum absolute atomic E-state index is 11.9. The van der Waals surface area contributed by atoms with Gasteiger partial charge >= 0.3 is 5.97 Å². The third kappa shape index (κ3) is 3.93. The van der Waals surface area contributed by atoms with E-state index < -0.39 is 37.3 Å². The van der Waals surface area contributed by atoms with Crippen molar-refractivity contribution in [3.8, 4) is 0 Å². The van der Waals surface area contributed by atoms with Gasteiger partial charge in [0.1, 0.15) is 30.5 Å². The van der Waals surface area contributed by atoms with E-state index in [1.807, 2.05) is 13.0 Å². The summed E-state index contributed by atoms with van der Waals surface area (Å²) < 4.78 is 16.5. The van der Waals surface area contributed by atoms with Crippen molar-refractivity contribution in [2.45, 2.75) is 63.5 Å². The van der Waals surface area contributed by atoms with Crippen LogP contribution < -0.4 is 0 Å². The standard InChI is InChI=1S/C21H30O8/c1-5-21(4)7-14-12(11(3)19(26)28-14)6-13(21)10(2)9-27-20-18(25)17(24)16(23)15(8-22)29-20/h5,13-18,20,22-25H,1-2,6-9H2,3-4H3/t13-,14-,15+,16+,17-,18+,20+,21+/m0/s1. The molecule has 1 saturated carbocycles. The number of allylic oxidation sites excluding steroid dienone is 1. The first-order valence-corrected chi connectivity index (χ1v) is 9.77. The van der Waals surface area contributed by atoms with Crippen molar-refractivity contribution in [1.82, 2.24) is 0 Å². The molecule has 0 spiro atoms. The van der Waals surface area contributed by atoms with Gasteiger partial charge in [0.2, 0.25) is 0 Å². The minimum Gasteiger partial charge on any atom is -0.454 e. The smallest absolute Gasteiger partial charge is 0.334 e. The van der Waals surface area contributed by atoms with E-state index >= 15 is 0 Å². The number of rotatable bonds is 6. The molecule has 29 heavy (non-hydrogen) atoms. The molecule has 0 radical (unpaired) electrons. The third-order valence-corrected chi connectivity index (χ3v) is 6.51. The highest BCUT2D eigenvalue weighted by atomic mass is 16.7. The van der Waals surface area contributed by atoms with Gasteiger partial charge in [0, 0.05) is 5.57 Å². The highest BCUT2D eigenvalue weighted by Gasteiger charge is 2.48. The molecule has 8 nitrogen and oxygen atoms in total. The number of aliphatic hydroxyl groups is 4. The number of aliphatic hydroxyl groups excluding tert-OH is 4. The molecular weight excluding hydrogens is 380 g/mol. The summed E-state index contributed by atoms with van der Waals surface area (Å²) in [5, 5.41) is 39.2. The lowest BCUT2D eigenvalue weighted by Gasteiger charge is -2.44. The number of fused-ring (bicyclic) bond motifs is 1. The number of carbonyl (C=O) groups is 1. The van der Waals surface area contributed by atoms with E-state index in [2.05, 4.69) is 13.2 Å². The average Bonchev–Trinajstić information content (AvgIpc) is 2.97. The van der Waals surface area contributed by atoms with E-state index in [9.17, 15) is 25.2 Å². The Balaban J connectivity index is 1.70. The van der Waals surface area contributed by atoms with Gasteiger partial charge in [-0.2, -0.15) is 0 Å². The molecule has 2 aliphatic heterocycles. The van der Waals surface area contributed by atoms with Crippen LogP contribution in [-0.4, -0.2) is 76.4 Å². The third-order valence-electron chi connectivity index (χ3n) is 6.51. The Kier molecular flexibility index (Phi) is 6.33. The molecule has 0 aromatic heterocycles. The quantitative estimate of drug-likeness (QED) is 0.362. The van der Waals surface area contributed by atoms with Crippen LogP contribution in [0.25, 0.3) is 0 Å². The van der Waals surface area contributed by atoms with Crippen molar-refractivity contribution in [1.29, 1.82) is 0 Å². The monoisotopic (exact) mass is 410 g/mol. The Labute approximate surface area is 170 Å². The zero-order valence-corrected chi connectivity index (χ0v) is 16.8. The van der Waals surface area contributed by atoms with Gasteiger partial charge in [-0.15, -0.1) is 6.58 Å². The van der Waals surface area contributed by atoms with Crippen LogP contribution in [0, 0.1) is 11.3 Å². The molecule has 1 saturated heterocycles. The molecule has 8 heteroatoms. The SMILES string of the molecule is C=C[C@]1(C)C[C@@H]2OC(=O)C(C)=C2C[C@H]1C(=C)CO[C@@H]1O[C@H](CO)[C@@H](O)[C@H](O)[C@H]1O. The van der Waals surface area contributed by atoms with Crippen LogP contribution in [0.15, 0.2) is 36.0 Å². The van der Waals surface area contributed by atoms with E-state index in [0.29, 0.717) is 18.4 Å². The Morgan fingerprint density at radius 2 is 2.00 bits per heavy atom. The van der Waals surface area contributed by atoms with Crippen LogP contribution in [0.4, 0.5) is 0 Å². The minimum absolute atomic E-state index is 0.0303. The molecule has 3 aliphatic rings. The van der Waals surface area contributed by atoms with Gasteiger partial charge in [0.25, 0.3) is 0 Å². The molecule has 2 fully saturated rings. The zero-order chi connectivity index (χ0) is 21.5. The summed E-state index contributed by atoms with van der Waals surface area (Å²) >= 11 is 0. The lowest BCUT2D eigenvalue weighted by Crippen LogP contribution is -2.59. The molecule has 8 atom stereocenters. The van der Waals surface area contributed by atoms with Crippen LogP contribution in [0.2, 0.25) is 0 Å². The molecule has 0 bridgehead atoms. The maximum atomic E-state index is 11.9. The summed E-state index contributed by atoms with van der Waals surface area (Å²) in [5.74, 6) is -0.360. The van der Waals surface area contributed by atoms with Gasteiger partial charge in [-0.1, -0.05) is 19.6 Å². The summed E-state index contributed by atoms with van der Waals surface area (Å²) in [6.07, 6.45) is -3.88. The van der Waals surface area contributed by atoms with E-state index in [4.69, 9.17) is 14.2 Å². The van der Waals surface area contributed by atoms with Crippen molar-refractivity contribution < 1.29 is 39.4 Å². The molecule has 4 N–H and O–H groups in total. The van der Waals surface area contributed by atoms with Gasteiger partial charge in [-0.05, 0) is 42.2 Å². The lowest BCUT2D eigenvalue weighted by molar-refractivity contribution is -0.299. The molecule has 0 aromatic carbocycles. The first-order chi connectivity index (χ1) is 13.6. The molecular formula is C21H30O8. The van der Waals surface area contributed by atoms with Gasteiger partial charge in [0.15, 0.2) is 6.29 Å². The topological polar surface area (TPSA) is 126 Å². The largest absolute Gasteiger partial charge is 0.454 e. The minimum atomic E-state index is -1.50. The second-order valence-electron chi connectivity index (χ2n) is 8.38.